The number of likely N-dealkylation sites (tertiary alicyclic amines) is 2. The van der Waals surface area contributed by atoms with Crippen LogP contribution in [-0.4, -0.2) is 58.2 Å². The largest absolute Gasteiger partial charge is 0.341 e. The summed E-state index contributed by atoms with van der Waals surface area (Å²) >= 11 is 0. The van der Waals surface area contributed by atoms with E-state index in [1.54, 1.807) is 4.68 Å². The molecule has 1 aliphatic carbocycles. The van der Waals surface area contributed by atoms with E-state index in [-0.39, 0.29) is 5.56 Å². The Morgan fingerprint density at radius 1 is 0.926 bits per heavy atom. The highest BCUT2D eigenvalue weighted by atomic mass is 16.2. The number of piperidine rings is 1. The average molecular weight is 373 g/mol. The molecule has 0 aromatic carbocycles. The minimum Gasteiger partial charge on any atom is -0.341 e. The van der Waals surface area contributed by atoms with Crippen molar-refractivity contribution >= 4 is 5.91 Å². The fraction of sp³-hybridized carbons (Fsp3) is 0.762. The molecule has 0 spiro atoms. The van der Waals surface area contributed by atoms with E-state index >= 15 is 0 Å². The molecule has 0 saturated carbocycles. The van der Waals surface area contributed by atoms with E-state index in [1.165, 1.54) is 6.42 Å². The lowest BCUT2D eigenvalue weighted by atomic mass is 9.97. The highest BCUT2D eigenvalue weighted by Crippen LogP contribution is 2.21. The van der Waals surface area contributed by atoms with Crippen LogP contribution >= 0.6 is 0 Å². The van der Waals surface area contributed by atoms with Crippen molar-refractivity contribution < 1.29 is 4.79 Å². The van der Waals surface area contributed by atoms with E-state index in [4.69, 9.17) is 0 Å². The van der Waals surface area contributed by atoms with Crippen LogP contribution in [0.3, 0.4) is 0 Å². The Balaban J connectivity index is 1.24. The van der Waals surface area contributed by atoms with E-state index in [2.05, 4.69) is 14.9 Å². The van der Waals surface area contributed by atoms with Gasteiger partial charge in [-0.15, -0.1) is 0 Å². The third-order valence-electron chi connectivity index (χ3n) is 6.52. The van der Waals surface area contributed by atoms with Crippen LogP contribution in [0.2, 0.25) is 0 Å². The lowest BCUT2D eigenvalue weighted by Crippen LogP contribution is -2.42. The summed E-state index contributed by atoms with van der Waals surface area (Å²) in [5.74, 6) is 0.871. The summed E-state index contributed by atoms with van der Waals surface area (Å²) in [4.78, 5) is 29.0. The van der Waals surface area contributed by atoms with E-state index in [1.807, 2.05) is 6.07 Å². The number of hydrogen-bond donors (Lipinski definition) is 0. The zero-order valence-corrected chi connectivity index (χ0v) is 16.4. The number of nitrogens with zero attached hydrogens (tertiary/aromatic N) is 4. The maximum Gasteiger partial charge on any atom is 0.267 e. The molecule has 3 heterocycles. The van der Waals surface area contributed by atoms with Crippen molar-refractivity contribution in [2.45, 2.75) is 64.3 Å². The second-order valence-corrected chi connectivity index (χ2v) is 8.47. The van der Waals surface area contributed by atoms with E-state index in [9.17, 15) is 9.59 Å². The Bertz CT molecular complexity index is 721. The van der Waals surface area contributed by atoms with Gasteiger partial charge in [0, 0.05) is 38.7 Å². The van der Waals surface area contributed by atoms with Crippen LogP contribution in [0.5, 0.6) is 0 Å². The zero-order valence-electron chi connectivity index (χ0n) is 16.4. The quantitative estimate of drug-likeness (QED) is 0.791. The Labute approximate surface area is 161 Å². The third-order valence-corrected chi connectivity index (χ3v) is 6.52. The SMILES string of the molecule is O=C1CCCCCN1CCN1CCC(Cn2nc3c(cc2=O)CCC3)CC1. The number of carbonyl (C=O) groups is 1. The molecule has 6 nitrogen and oxygen atoms in total. The molecule has 0 N–H and O–H groups in total. The number of carbonyl (C=O) groups excluding carboxylic acids is 1. The lowest BCUT2D eigenvalue weighted by Gasteiger charge is -2.33. The van der Waals surface area contributed by atoms with E-state index in [0.717, 1.165) is 102 Å². The molecule has 1 amide bonds. The van der Waals surface area contributed by atoms with Crippen molar-refractivity contribution in [3.05, 3.63) is 27.7 Å². The molecule has 0 atom stereocenters. The van der Waals surface area contributed by atoms with Gasteiger partial charge in [0.1, 0.15) is 0 Å². The van der Waals surface area contributed by atoms with Crippen LogP contribution < -0.4 is 5.56 Å². The molecule has 148 valence electrons. The van der Waals surface area contributed by atoms with Crippen molar-refractivity contribution in [3.63, 3.8) is 0 Å². The maximum atomic E-state index is 12.3. The Kier molecular flexibility index (Phi) is 5.91. The molecule has 2 saturated heterocycles. The van der Waals surface area contributed by atoms with Crippen LogP contribution in [0.4, 0.5) is 0 Å². The fourth-order valence-electron chi connectivity index (χ4n) is 4.74. The molecule has 1 aromatic rings. The summed E-state index contributed by atoms with van der Waals surface area (Å²) in [6, 6.07) is 1.81. The molecule has 6 heteroatoms. The monoisotopic (exact) mass is 372 g/mol. The summed E-state index contributed by atoms with van der Waals surface area (Å²) in [5.41, 5.74) is 2.36. The van der Waals surface area contributed by atoms with Gasteiger partial charge in [0.05, 0.1) is 5.69 Å². The smallest absolute Gasteiger partial charge is 0.267 e. The van der Waals surface area contributed by atoms with Crippen LogP contribution in [0.1, 0.15) is 56.2 Å². The molecule has 0 radical (unpaired) electrons. The predicted octanol–water partition coefficient (Wildman–Crippen LogP) is 1.85. The Morgan fingerprint density at radius 3 is 2.63 bits per heavy atom. The minimum atomic E-state index is 0.0674. The van der Waals surface area contributed by atoms with Crippen molar-refractivity contribution in [3.8, 4) is 0 Å². The van der Waals surface area contributed by atoms with Crippen LogP contribution in [-0.2, 0) is 24.2 Å². The fourth-order valence-corrected chi connectivity index (χ4v) is 4.74. The van der Waals surface area contributed by atoms with Gasteiger partial charge < -0.3 is 9.80 Å². The van der Waals surface area contributed by atoms with Crippen molar-refractivity contribution in [1.82, 2.24) is 19.6 Å². The second-order valence-electron chi connectivity index (χ2n) is 8.47. The van der Waals surface area contributed by atoms with Gasteiger partial charge in [0.25, 0.3) is 5.56 Å². The average Bonchev–Trinajstić information content (AvgIpc) is 3.01. The number of aryl methyl sites for hydroxylation is 2. The highest BCUT2D eigenvalue weighted by molar-refractivity contribution is 5.76. The van der Waals surface area contributed by atoms with Crippen LogP contribution in [0, 0.1) is 5.92 Å². The number of fused-ring (bicyclic) bond motifs is 1. The first-order chi connectivity index (χ1) is 13.2. The standard InChI is InChI=1S/C21H32N4O2/c26-20-7-2-1-3-10-24(20)14-13-23-11-8-17(9-12-23)16-25-21(27)15-18-5-4-6-19(18)22-25/h15,17H,1-14,16H2. The molecular formula is C21H32N4O2. The third kappa shape index (κ3) is 4.60. The first kappa shape index (κ1) is 18.7. The minimum absolute atomic E-state index is 0.0674. The summed E-state index contributed by atoms with van der Waals surface area (Å²) in [6.45, 7) is 5.66. The normalized spacial score (nSPS) is 22.1. The lowest BCUT2D eigenvalue weighted by molar-refractivity contribution is -0.130. The summed E-state index contributed by atoms with van der Waals surface area (Å²) in [7, 11) is 0. The highest BCUT2D eigenvalue weighted by Gasteiger charge is 2.23. The van der Waals surface area contributed by atoms with Gasteiger partial charge in [-0.25, -0.2) is 4.68 Å². The summed E-state index contributed by atoms with van der Waals surface area (Å²) < 4.78 is 1.71. The Hall–Kier alpha value is -1.69. The summed E-state index contributed by atoms with van der Waals surface area (Å²) in [6.07, 6.45) is 9.49. The van der Waals surface area contributed by atoms with Crippen molar-refractivity contribution in [2.75, 3.05) is 32.7 Å². The van der Waals surface area contributed by atoms with Gasteiger partial charge in [0.15, 0.2) is 0 Å². The first-order valence-electron chi connectivity index (χ1n) is 10.8. The van der Waals surface area contributed by atoms with Gasteiger partial charge in [-0.3, -0.25) is 9.59 Å². The van der Waals surface area contributed by atoms with Crippen molar-refractivity contribution in [2.24, 2.45) is 5.92 Å². The van der Waals surface area contributed by atoms with Crippen LogP contribution in [0.25, 0.3) is 0 Å². The molecular weight excluding hydrogens is 340 g/mol. The number of hydrogen-bond acceptors (Lipinski definition) is 4. The predicted molar refractivity (Wildman–Crippen MR) is 105 cm³/mol. The molecule has 3 aliphatic rings. The van der Waals surface area contributed by atoms with Crippen molar-refractivity contribution in [1.29, 1.82) is 0 Å². The topological polar surface area (TPSA) is 58.4 Å². The molecule has 27 heavy (non-hydrogen) atoms. The van der Waals surface area contributed by atoms with Gasteiger partial charge in [-0.1, -0.05) is 6.42 Å². The van der Waals surface area contributed by atoms with Crippen LogP contribution in [0.15, 0.2) is 10.9 Å². The molecule has 1 aromatic heterocycles. The number of amides is 1. The van der Waals surface area contributed by atoms with Gasteiger partial charge in [-0.2, -0.15) is 5.10 Å². The Morgan fingerprint density at radius 2 is 1.78 bits per heavy atom. The van der Waals surface area contributed by atoms with Gasteiger partial charge in [-0.05, 0) is 69.5 Å². The van der Waals surface area contributed by atoms with Gasteiger partial charge in [0.2, 0.25) is 5.91 Å². The number of rotatable bonds is 5. The molecule has 4 rings (SSSR count). The van der Waals surface area contributed by atoms with Gasteiger partial charge >= 0.3 is 0 Å². The maximum absolute atomic E-state index is 12.3. The first-order valence-corrected chi connectivity index (χ1v) is 10.8. The molecule has 0 bridgehead atoms. The number of aromatic nitrogens is 2. The van der Waals surface area contributed by atoms with E-state index < -0.39 is 0 Å². The molecule has 0 unspecified atom stereocenters. The van der Waals surface area contributed by atoms with E-state index in [0.29, 0.717) is 11.8 Å². The molecule has 2 fully saturated rings. The second kappa shape index (κ2) is 8.55. The summed E-state index contributed by atoms with van der Waals surface area (Å²) in [5, 5.41) is 4.63. The molecule has 2 aliphatic heterocycles. The zero-order chi connectivity index (χ0) is 18.6.